The number of carbonyl (C=O) groups is 3. The van der Waals surface area contributed by atoms with E-state index in [1.165, 1.54) is 0 Å². The Balaban J connectivity index is 1.25. The number of nitrogens with one attached hydrogen (secondary N) is 2. The van der Waals surface area contributed by atoms with Crippen LogP contribution >= 0.6 is 0 Å². The number of hydrogen-bond acceptors (Lipinski definition) is 10. The van der Waals surface area contributed by atoms with E-state index < -0.39 is 59.6 Å². The maximum atomic E-state index is 14.3. The highest BCUT2D eigenvalue weighted by molar-refractivity contribution is 6.24. The van der Waals surface area contributed by atoms with Crippen LogP contribution in [-0.2, 0) is 14.4 Å². The molecule has 336 valence electrons. The van der Waals surface area contributed by atoms with Gasteiger partial charge in [-0.3, -0.25) is 19.8 Å². The first-order valence-corrected chi connectivity index (χ1v) is 22.2. The van der Waals surface area contributed by atoms with Gasteiger partial charge in [-0.05, 0) is 114 Å². The average molecular weight is 839 g/mol. The second kappa shape index (κ2) is 22.1. The molecule has 1 amide bonds. The van der Waals surface area contributed by atoms with Crippen molar-refractivity contribution >= 4 is 23.4 Å². The van der Waals surface area contributed by atoms with Gasteiger partial charge in [-0.25, -0.2) is 0 Å². The van der Waals surface area contributed by atoms with Gasteiger partial charge in [0.05, 0.1) is 43.2 Å². The van der Waals surface area contributed by atoms with Gasteiger partial charge in [0, 0.05) is 29.8 Å². The van der Waals surface area contributed by atoms with Gasteiger partial charge in [0.15, 0.2) is 23.4 Å². The number of Topliss-reactive ketones (excluding diaryl/α,β-unsaturated/α-hetero) is 2. The zero-order valence-corrected chi connectivity index (χ0v) is 36.7. The number of ketones is 2. The van der Waals surface area contributed by atoms with Crippen LogP contribution in [0.25, 0.3) is 0 Å². The topological polar surface area (TPSA) is 238 Å². The van der Waals surface area contributed by atoms with E-state index in [9.17, 15) is 45.0 Å². The molecule has 14 atom stereocenters. The van der Waals surface area contributed by atoms with Crippen LogP contribution in [0.2, 0.25) is 0 Å². The first-order chi connectivity index (χ1) is 28.3. The number of aliphatic hydroxyl groups is 6. The van der Waals surface area contributed by atoms with Crippen molar-refractivity contribution in [2.75, 3.05) is 13.1 Å². The fraction of sp³-hybridized carbons (Fsp3) is 0.702. The quantitative estimate of drug-likeness (QED) is 0.0368. The molecule has 14 unspecified atom stereocenters. The molecule has 0 radical (unpaired) electrons. The fourth-order valence-corrected chi connectivity index (χ4v) is 10.2. The van der Waals surface area contributed by atoms with Crippen LogP contribution in [0, 0.1) is 46.3 Å². The average Bonchev–Trinajstić information content (AvgIpc) is 3.82. The molecule has 0 aromatic heterocycles. The molecule has 3 fully saturated rings. The van der Waals surface area contributed by atoms with Gasteiger partial charge in [0.25, 0.3) is 0 Å². The van der Waals surface area contributed by atoms with Crippen molar-refractivity contribution in [3.63, 3.8) is 0 Å². The van der Waals surface area contributed by atoms with Crippen LogP contribution < -0.4 is 11.1 Å². The molecule has 13 heteroatoms. The normalized spacial score (nSPS) is 31.4. The lowest BCUT2D eigenvalue weighted by Gasteiger charge is -2.53. The highest BCUT2D eigenvalue weighted by Gasteiger charge is 2.58. The molecule has 2 aliphatic carbocycles. The van der Waals surface area contributed by atoms with Gasteiger partial charge in [-0.2, -0.15) is 0 Å². The minimum absolute atomic E-state index is 0.0318. The molecular formula is C47H74N4O9. The number of aliphatic hydroxyl groups excluding tert-OH is 6. The SMILES string of the molecule is CC1=CC2C(O)CCCC2C(C)(C(=O)C2C(=O)CNC2=O)C1CCC(C)C(O)/C(C)=C/CC(O)/C=C/C(C)C(O)/C=C/CC(O)/C(C)=C/CC(O)CC1CCCN1C(=N)N. The molecule has 2 aliphatic heterocycles. The molecule has 60 heavy (non-hydrogen) atoms. The van der Waals surface area contributed by atoms with Crippen LogP contribution in [0.4, 0.5) is 0 Å². The summed E-state index contributed by atoms with van der Waals surface area (Å²) in [5, 5.41) is 75.1. The van der Waals surface area contributed by atoms with E-state index in [1.54, 1.807) is 37.3 Å². The lowest BCUT2D eigenvalue weighted by atomic mass is 9.50. The van der Waals surface area contributed by atoms with Gasteiger partial charge < -0.3 is 46.6 Å². The lowest BCUT2D eigenvalue weighted by Crippen LogP contribution is -2.55. The number of carbonyl (C=O) groups excluding carboxylic acids is 3. The summed E-state index contributed by atoms with van der Waals surface area (Å²) in [6, 6.07) is 0.0535. The molecule has 0 aromatic rings. The van der Waals surface area contributed by atoms with Gasteiger partial charge in [-0.15, -0.1) is 0 Å². The Labute approximate surface area is 357 Å². The first-order valence-electron chi connectivity index (χ1n) is 22.2. The van der Waals surface area contributed by atoms with Crippen molar-refractivity contribution in [2.24, 2.45) is 46.7 Å². The van der Waals surface area contributed by atoms with Crippen LogP contribution in [0.1, 0.15) is 112 Å². The summed E-state index contributed by atoms with van der Waals surface area (Å²) in [6.07, 6.45) is 14.5. The molecule has 4 rings (SSSR count). The minimum Gasteiger partial charge on any atom is -0.393 e. The molecular weight excluding hydrogens is 765 g/mol. The largest absolute Gasteiger partial charge is 0.393 e. The van der Waals surface area contributed by atoms with Crippen LogP contribution in [0.15, 0.2) is 59.3 Å². The molecule has 2 saturated heterocycles. The summed E-state index contributed by atoms with van der Waals surface area (Å²) in [7, 11) is 0. The van der Waals surface area contributed by atoms with Crippen LogP contribution in [0.3, 0.4) is 0 Å². The maximum absolute atomic E-state index is 14.3. The predicted octanol–water partition coefficient (Wildman–Crippen LogP) is 4.01. The Morgan fingerprint density at radius 2 is 1.70 bits per heavy atom. The van der Waals surface area contributed by atoms with E-state index >= 15 is 0 Å². The first kappa shape index (κ1) is 49.2. The predicted molar refractivity (Wildman–Crippen MR) is 232 cm³/mol. The highest BCUT2D eigenvalue weighted by Crippen LogP contribution is 2.56. The van der Waals surface area contributed by atoms with Crippen LogP contribution in [-0.4, -0.2) is 115 Å². The van der Waals surface area contributed by atoms with E-state index in [-0.39, 0.29) is 60.3 Å². The fourth-order valence-electron chi connectivity index (χ4n) is 10.2. The van der Waals surface area contributed by atoms with E-state index in [0.717, 1.165) is 43.4 Å². The van der Waals surface area contributed by atoms with Crippen LogP contribution in [0.5, 0.6) is 0 Å². The Bertz CT molecular complexity index is 1660. The maximum Gasteiger partial charge on any atom is 0.238 e. The zero-order chi connectivity index (χ0) is 44.5. The third-order valence-electron chi connectivity index (χ3n) is 14.2. The van der Waals surface area contributed by atoms with Gasteiger partial charge in [-0.1, -0.05) is 75.3 Å². The monoisotopic (exact) mass is 839 g/mol. The number of allylic oxidation sites excluding steroid dienone is 1. The summed E-state index contributed by atoms with van der Waals surface area (Å²) in [5.74, 6) is -3.82. The summed E-state index contributed by atoms with van der Waals surface area (Å²) >= 11 is 0. The number of rotatable bonds is 20. The van der Waals surface area contributed by atoms with Crippen molar-refractivity contribution in [1.29, 1.82) is 5.41 Å². The van der Waals surface area contributed by atoms with Crippen molar-refractivity contribution in [3.05, 3.63) is 59.3 Å². The molecule has 0 aromatic carbocycles. The third-order valence-corrected chi connectivity index (χ3v) is 14.2. The number of nitrogens with two attached hydrogens (primary N) is 1. The molecule has 13 nitrogen and oxygen atoms in total. The van der Waals surface area contributed by atoms with E-state index in [2.05, 4.69) is 11.4 Å². The summed E-state index contributed by atoms with van der Waals surface area (Å²) in [5.41, 5.74) is 7.02. The van der Waals surface area contributed by atoms with E-state index in [1.807, 2.05) is 45.6 Å². The smallest absolute Gasteiger partial charge is 0.238 e. The van der Waals surface area contributed by atoms with Crippen molar-refractivity contribution in [3.8, 4) is 0 Å². The molecule has 4 aliphatic rings. The standard InChI is InChI=1S/C47H74N4O9/c1-27(38(54)12-8-13-39(55)28(2)16-21-34(53)25-32-10-9-23-51(32)46(48)49)15-19-33(52)20-17-29(3)43(58)30(4)18-22-36-31(5)24-35-37(11-7-14-40(35)56)47(36,6)44(59)42-41(57)26-50-45(42)60/h8,12,15-17,19,24,27,30,32-40,42-43,52-56,58H,7,9-11,13-14,18,20-23,25-26H2,1-6H3,(H3,48,49)(H,50,60)/b12-8+,19-15+,28-16+,29-17+. The number of guanidine groups is 1. The molecule has 2 heterocycles. The second-order valence-corrected chi connectivity index (χ2v) is 18.5. The second-order valence-electron chi connectivity index (χ2n) is 18.5. The third kappa shape index (κ3) is 12.1. The van der Waals surface area contributed by atoms with E-state index in [4.69, 9.17) is 11.1 Å². The Hall–Kier alpha value is -3.46. The van der Waals surface area contributed by atoms with E-state index in [0.29, 0.717) is 44.1 Å². The Kier molecular flexibility index (Phi) is 18.1. The molecule has 1 saturated carbocycles. The number of likely N-dealkylation sites (tertiary alicyclic amines) is 1. The summed E-state index contributed by atoms with van der Waals surface area (Å²) in [6.45, 7) is 11.8. The van der Waals surface area contributed by atoms with Crippen molar-refractivity contribution in [1.82, 2.24) is 10.2 Å². The minimum atomic E-state index is -1.33. The number of hydrogen-bond donors (Lipinski definition) is 9. The molecule has 0 spiro atoms. The molecule has 10 N–H and O–H groups in total. The van der Waals surface area contributed by atoms with Crippen molar-refractivity contribution in [2.45, 2.75) is 155 Å². The van der Waals surface area contributed by atoms with Gasteiger partial charge in [0.1, 0.15) is 0 Å². The Morgan fingerprint density at radius 1 is 1.00 bits per heavy atom. The summed E-state index contributed by atoms with van der Waals surface area (Å²) in [4.78, 5) is 41.6. The Morgan fingerprint density at radius 3 is 2.37 bits per heavy atom. The number of nitrogens with zero attached hydrogens (tertiary/aromatic N) is 1. The highest BCUT2D eigenvalue weighted by atomic mass is 16.3. The van der Waals surface area contributed by atoms with Gasteiger partial charge in [0.2, 0.25) is 5.91 Å². The van der Waals surface area contributed by atoms with Crippen molar-refractivity contribution < 1.29 is 45.0 Å². The zero-order valence-electron chi connectivity index (χ0n) is 36.7. The number of amides is 1. The van der Waals surface area contributed by atoms with Gasteiger partial charge >= 0.3 is 0 Å². The number of fused-ring (bicyclic) bond motifs is 1. The summed E-state index contributed by atoms with van der Waals surface area (Å²) < 4.78 is 0. The lowest BCUT2D eigenvalue weighted by molar-refractivity contribution is -0.150. The molecule has 0 bridgehead atoms.